The SMILES string of the molecule is Cc1sc2ncn(NC(=O)C=Cc3ccccc3)c(=O)c2c1-c1ccccc1. The molecule has 0 bridgehead atoms. The molecule has 0 aliphatic rings. The van der Waals surface area contributed by atoms with Gasteiger partial charge in [-0.3, -0.25) is 15.0 Å². The molecular formula is C22H17N3O2S. The van der Waals surface area contributed by atoms with Gasteiger partial charge in [0.2, 0.25) is 0 Å². The third-order valence-electron chi connectivity index (χ3n) is 4.31. The van der Waals surface area contributed by atoms with Crippen LogP contribution in [-0.4, -0.2) is 15.6 Å². The number of carbonyl (C=O) groups is 1. The first kappa shape index (κ1) is 17.9. The molecule has 0 saturated heterocycles. The lowest BCUT2D eigenvalue weighted by Gasteiger charge is -2.06. The van der Waals surface area contributed by atoms with Crippen LogP contribution in [0.4, 0.5) is 0 Å². The highest BCUT2D eigenvalue weighted by Crippen LogP contribution is 2.35. The smallest absolute Gasteiger partial charge is 0.268 e. The van der Waals surface area contributed by atoms with Crippen LogP contribution in [0.5, 0.6) is 0 Å². The predicted octanol–water partition coefficient (Wildman–Crippen LogP) is 4.22. The molecule has 1 amide bonds. The number of carbonyl (C=O) groups excluding carboxylic acids is 1. The molecule has 0 fully saturated rings. The van der Waals surface area contributed by atoms with Crippen LogP contribution in [0.3, 0.4) is 0 Å². The standard InChI is InChI=1S/C22H17N3O2S/c1-15-19(17-10-6-3-7-11-17)20-21(28-15)23-14-25(22(20)27)24-18(26)13-12-16-8-4-2-5-9-16/h2-14H,1H3,(H,24,26). The summed E-state index contributed by atoms with van der Waals surface area (Å²) < 4.78 is 1.14. The molecule has 5 nitrogen and oxygen atoms in total. The number of aromatic nitrogens is 2. The minimum absolute atomic E-state index is 0.297. The highest BCUT2D eigenvalue weighted by Gasteiger charge is 2.17. The highest BCUT2D eigenvalue weighted by molar-refractivity contribution is 7.19. The number of hydrogen-bond donors (Lipinski definition) is 1. The van der Waals surface area contributed by atoms with Crippen LogP contribution in [0.1, 0.15) is 10.4 Å². The molecular weight excluding hydrogens is 370 g/mol. The number of aryl methyl sites for hydroxylation is 1. The van der Waals surface area contributed by atoms with E-state index in [0.29, 0.717) is 10.2 Å². The van der Waals surface area contributed by atoms with Crippen molar-refractivity contribution in [3.8, 4) is 11.1 Å². The summed E-state index contributed by atoms with van der Waals surface area (Å²) in [5.74, 6) is -0.402. The summed E-state index contributed by atoms with van der Waals surface area (Å²) in [5.41, 5.74) is 5.00. The van der Waals surface area contributed by atoms with Gasteiger partial charge in [-0.1, -0.05) is 60.7 Å². The van der Waals surface area contributed by atoms with Gasteiger partial charge in [-0.05, 0) is 24.1 Å². The van der Waals surface area contributed by atoms with Gasteiger partial charge in [0.25, 0.3) is 11.5 Å². The van der Waals surface area contributed by atoms with E-state index >= 15 is 0 Å². The zero-order valence-corrected chi connectivity index (χ0v) is 15.9. The summed E-state index contributed by atoms with van der Waals surface area (Å²) in [4.78, 5) is 31.3. The Morgan fingerprint density at radius 1 is 1.07 bits per heavy atom. The van der Waals surface area contributed by atoms with Gasteiger partial charge >= 0.3 is 0 Å². The van der Waals surface area contributed by atoms with Crippen molar-refractivity contribution in [1.29, 1.82) is 0 Å². The van der Waals surface area contributed by atoms with Gasteiger partial charge in [-0.25, -0.2) is 9.66 Å². The Morgan fingerprint density at radius 2 is 1.75 bits per heavy atom. The normalized spacial score (nSPS) is 11.2. The molecule has 0 spiro atoms. The third-order valence-corrected chi connectivity index (χ3v) is 5.32. The van der Waals surface area contributed by atoms with Gasteiger partial charge < -0.3 is 0 Å². The minimum Gasteiger partial charge on any atom is -0.268 e. The summed E-state index contributed by atoms with van der Waals surface area (Å²) in [5, 5.41) is 0.517. The molecule has 0 atom stereocenters. The molecule has 6 heteroatoms. The fraction of sp³-hybridized carbons (Fsp3) is 0.0455. The fourth-order valence-corrected chi connectivity index (χ4v) is 4.03. The van der Waals surface area contributed by atoms with Crippen LogP contribution >= 0.6 is 11.3 Å². The largest absolute Gasteiger partial charge is 0.281 e. The molecule has 2 aromatic carbocycles. The van der Waals surface area contributed by atoms with Gasteiger partial charge in [0, 0.05) is 16.5 Å². The Balaban J connectivity index is 1.69. The topological polar surface area (TPSA) is 64.0 Å². The van der Waals surface area contributed by atoms with Crippen LogP contribution < -0.4 is 11.0 Å². The second kappa shape index (κ2) is 7.62. The molecule has 4 rings (SSSR count). The Labute approximate surface area is 165 Å². The van der Waals surface area contributed by atoms with Crippen LogP contribution in [0.25, 0.3) is 27.4 Å². The third kappa shape index (κ3) is 3.50. The van der Waals surface area contributed by atoms with Crippen LogP contribution in [0.2, 0.25) is 0 Å². The summed E-state index contributed by atoms with van der Waals surface area (Å²) >= 11 is 1.47. The Hall–Kier alpha value is -3.51. The number of thiophene rings is 1. The number of rotatable bonds is 4. The van der Waals surface area contributed by atoms with Gasteiger partial charge in [0.1, 0.15) is 11.2 Å². The predicted molar refractivity (Wildman–Crippen MR) is 114 cm³/mol. The lowest BCUT2D eigenvalue weighted by Crippen LogP contribution is -2.32. The van der Waals surface area contributed by atoms with E-state index in [-0.39, 0.29) is 5.56 Å². The molecule has 138 valence electrons. The quantitative estimate of drug-likeness (QED) is 0.533. The summed E-state index contributed by atoms with van der Waals surface area (Å²) in [6, 6.07) is 19.2. The van der Waals surface area contributed by atoms with Crippen molar-refractivity contribution in [2.75, 3.05) is 5.43 Å². The number of nitrogens with one attached hydrogen (secondary N) is 1. The summed E-state index contributed by atoms with van der Waals surface area (Å²) in [6.45, 7) is 1.97. The van der Waals surface area contributed by atoms with Crippen LogP contribution in [0.15, 0.2) is 77.9 Å². The van der Waals surface area contributed by atoms with Crippen LogP contribution in [-0.2, 0) is 4.79 Å². The van der Waals surface area contributed by atoms with E-state index < -0.39 is 5.91 Å². The lowest BCUT2D eigenvalue weighted by atomic mass is 10.0. The van der Waals surface area contributed by atoms with Crippen LogP contribution in [0, 0.1) is 6.92 Å². The zero-order valence-electron chi connectivity index (χ0n) is 15.1. The average Bonchev–Trinajstić information content (AvgIpc) is 3.07. The minimum atomic E-state index is -0.402. The van der Waals surface area contributed by atoms with Crippen molar-refractivity contribution in [1.82, 2.24) is 9.66 Å². The second-order valence-electron chi connectivity index (χ2n) is 6.22. The zero-order chi connectivity index (χ0) is 19.5. The molecule has 0 aliphatic carbocycles. The molecule has 4 aromatic rings. The lowest BCUT2D eigenvalue weighted by molar-refractivity contribution is -0.112. The van der Waals surface area contributed by atoms with E-state index in [2.05, 4.69) is 10.4 Å². The number of amides is 1. The Kier molecular flexibility index (Phi) is 4.87. The van der Waals surface area contributed by atoms with Gasteiger partial charge in [-0.2, -0.15) is 0 Å². The number of hydrogen-bond acceptors (Lipinski definition) is 4. The van der Waals surface area contributed by atoms with E-state index in [0.717, 1.165) is 26.2 Å². The summed E-state index contributed by atoms with van der Waals surface area (Å²) in [7, 11) is 0. The van der Waals surface area contributed by atoms with Gasteiger partial charge in [0.05, 0.1) is 5.39 Å². The number of nitrogens with zero attached hydrogens (tertiary/aromatic N) is 2. The van der Waals surface area contributed by atoms with Crippen molar-refractivity contribution in [3.63, 3.8) is 0 Å². The molecule has 2 aromatic heterocycles. The molecule has 2 heterocycles. The van der Waals surface area contributed by atoms with Crippen molar-refractivity contribution in [2.45, 2.75) is 6.92 Å². The van der Waals surface area contributed by atoms with E-state index in [9.17, 15) is 9.59 Å². The Bertz CT molecular complexity index is 1230. The molecule has 0 unspecified atom stereocenters. The van der Waals surface area contributed by atoms with E-state index in [1.165, 1.54) is 23.7 Å². The number of benzene rings is 2. The maximum absolute atomic E-state index is 13.0. The first-order valence-electron chi connectivity index (χ1n) is 8.74. The first-order chi connectivity index (χ1) is 13.6. The average molecular weight is 387 g/mol. The van der Waals surface area contributed by atoms with Crippen molar-refractivity contribution in [2.24, 2.45) is 0 Å². The molecule has 0 radical (unpaired) electrons. The van der Waals surface area contributed by atoms with Crippen molar-refractivity contribution < 1.29 is 4.79 Å². The first-order valence-corrected chi connectivity index (χ1v) is 9.55. The van der Waals surface area contributed by atoms with E-state index in [4.69, 9.17) is 0 Å². The van der Waals surface area contributed by atoms with Crippen molar-refractivity contribution in [3.05, 3.63) is 93.9 Å². The molecule has 28 heavy (non-hydrogen) atoms. The summed E-state index contributed by atoms with van der Waals surface area (Å²) in [6.07, 6.45) is 4.43. The number of fused-ring (bicyclic) bond motifs is 1. The monoisotopic (exact) mass is 387 g/mol. The molecule has 0 saturated carbocycles. The second-order valence-corrected chi connectivity index (χ2v) is 7.42. The van der Waals surface area contributed by atoms with Gasteiger partial charge in [0.15, 0.2) is 0 Å². The maximum atomic E-state index is 13.0. The van der Waals surface area contributed by atoms with E-state index in [1.807, 2.05) is 67.6 Å². The van der Waals surface area contributed by atoms with Gasteiger partial charge in [-0.15, -0.1) is 11.3 Å². The molecule has 1 N–H and O–H groups in total. The maximum Gasteiger partial charge on any atom is 0.281 e. The highest BCUT2D eigenvalue weighted by atomic mass is 32.1. The molecule has 0 aliphatic heterocycles. The van der Waals surface area contributed by atoms with Crippen molar-refractivity contribution >= 4 is 33.5 Å². The Morgan fingerprint density at radius 3 is 2.46 bits per heavy atom. The van der Waals surface area contributed by atoms with E-state index in [1.54, 1.807) is 6.08 Å². The fourth-order valence-electron chi connectivity index (χ4n) is 3.03.